The summed E-state index contributed by atoms with van der Waals surface area (Å²) in [4.78, 5) is 31.3. The first-order valence-corrected chi connectivity index (χ1v) is 11.9. The molecule has 182 valence electrons. The van der Waals surface area contributed by atoms with Crippen LogP contribution in [0.1, 0.15) is 35.6 Å². The zero-order chi connectivity index (χ0) is 25.9. The van der Waals surface area contributed by atoms with Gasteiger partial charge in [0.15, 0.2) is 0 Å². The molecule has 0 amide bonds. The minimum atomic E-state index is -0.470. The van der Waals surface area contributed by atoms with Gasteiger partial charge in [0.05, 0.1) is 27.7 Å². The molecule has 0 spiro atoms. The van der Waals surface area contributed by atoms with Gasteiger partial charge in [-0.25, -0.2) is 19.9 Å². The Balaban J connectivity index is 1.62. The Morgan fingerprint density at radius 2 is 1.81 bits per heavy atom. The van der Waals surface area contributed by atoms with E-state index in [9.17, 15) is 4.79 Å². The summed E-state index contributed by atoms with van der Waals surface area (Å²) in [7, 11) is 0. The highest BCUT2D eigenvalue weighted by Crippen LogP contribution is 2.26. The molecule has 37 heavy (non-hydrogen) atoms. The fraction of sp³-hybridized carbons (Fsp3) is 0.107. The molecule has 0 saturated carbocycles. The summed E-state index contributed by atoms with van der Waals surface area (Å²) < 4.78 is 1.55. The van der Waals surface area contributed by atoms with Gasteiger partial charge in [-0.05, 0) is 55.7 Å². The van der Waals surface area contributed by atoms with Crippen LogP contribution in [-0.4, -0.2) is 24.5 Å². The third-order valence-corrected chi connectivity index (χ3v) is 6.13. The predicted octanol–water partition coefficient (Wildman–Crippen LogP) is 4.69. The van der Waals surface area contributed by atoms with Crippen molar-refractivity contribution in [3.8, 4) is 17.5 Å². The zero-order valence-corrected chi connectivity index (χ0v) is 20.9. The molecular formula is C28H22ClN7O. The van der Waals surface area contributed by atoms with Gasteiger partial charge in [-0.2, -0.15) is 0 Å². The van der Waals surface area contributed by atoms with Gasteiger partial charge in [0, 0.05) is 6.20 Å². The maximum absolute atomic E-state index is 13.7. The molecular weight excluding hydrogens is 486 g/mol. The summed E-state index contributed by atoms with van der Waals surface area (Å²) in [6.07, 6.45) is 3.04. The van der Waals surface area contributed by atoms with E-state index in [0.29, 0.717) is 44.5 Å². The summed E-state index contributed by atoms with van der Waals surface area (Å²) in [6.45, 7) is 3.82. The summed E-state index contributed by atoms with van der Waals surface area (Å²) in [6, 6.07) is 17.8. The minimum absolute atomic E-state index is 0.226. The fourth-order valence-corrected chi connectivity index (χ4v) is 4.21. The molecule has 1 unspecified atom stereocenters. The zero-order valence-electron chi connectivity index (χ0n) is 20.1. The van der Waals surface area contributed by atoms with Crippen LogP contribution in [0, 0.1) is 18.8 Å². The first kappa shape index (κ1) is 24.0. The average molecular weight is 508 g/mol. The van der Waals surface area contributed by atoms with Gasteiger partial charge in [0.2, 0.25) is 0 Å². The lowest BCUT2D eigenvalue weighted by atomic mass is 10.1. The van der Waals surface area contributed by atoms with E-state index in [1.807, 2.05) is 56.3 Å². The number of pyridine rings is 1. The molecule has 5 rings (SSSR count). The lowest BCUT2D eigenvalue weighted by Gasteiger charge is -2.21. The van der Waals surface area contributed by atoms with Crippen LogP contribution in [0.5, 0.6) is 0 Å². The maximum atomic E-state index is 13.7. The number of nitrogen functional groups attached to an aromatic ring is 1. The van der Waals surface area contributed by atoms with E-state index < -0.39 is 6.04 Å². The number of hydrogen-bond acceptors (Lipinski definition) is 7. The van der Waals surface area contributed by atoms with Gasteiger partial charge < -0.3 is 11.1 Å². The van der Waals surface area contributed by atoms with Crippen molar-refractivity contribution >= 4 is 34.1 Å². The number of fused-ring (bicyclic) bond motifs is 1. The van der Waals surface area contributed by atoms with Gasteiger partial charge in [0.25, 0.3) is 5.56 Å². The van der Waals surface area contributed by atoms with Crippen LogP contribution >= 0.6 is 11.6 Å². The average Bonchev–Trinajstić information content (AvgIpc) is 2.89. The first-order chi connectivity index (χ1) is 17.9. The molecule has 0 radical (unpaired) electrons. The van der Waals surface area contributed by atoms with Crippen molar-refractivity contribution in [2.75, 3.05) is 11.1 Å². The minimum Gasteiger partial charge on any atom is -0.382 e. The van der Waals surface area contributed by atoms with Crippen molar-refractivity contribution in [1.29, 1.82) is 0 Å². The Kier molecular flexibility index (Phi) is 6.54. The van der Waals surface area contributed by atoms with Crippen LogP contribution < -0.4 is 16.6 Å². The topological polar surface area (TPSA) is 112 Å². The van der Waals surface area contributed by atoms with Crippen molar-refractivity contribution in [2.24, 2.45) is 0 Å². The molecule has 3 N–H and O–H groups in total. The SMILES string of the molecule is Cc1cccnc1C#Cc1c(N)ncnc1NC(C)c1nc2cccc(Cl)c2c(=O)n1-c1ccccc1. The van der Waals surface area contributed by atoms with Crippen molar-refractivity contribution in [1.82, 2.24) is 24.5 Å². The van der Waals surface area contributed by atoms with Gasteiger partial charge in [-0.1, -0.05) is 47.9 Å². The molecule has 0 fully saturated rings. The number of hydrogen-bond donors (Lipinski definition) is 2. The molecule has 8 nitrogen and oxygen atoms in total. The van der Waals surface area contributed by atoms with Gasteiger partial charge in [0.1, 0.15) is 35.0 Å². The highest BCUT2D eigenvalue weighted by Gasteiger charge is 2.21. The Morgan fingerprint density at radius 1 is 1.00 bits per heavy atom. The number of para-hydroxylation sites is 1. The van der Waals surface area contributed by atoms with E-state index in [1.54, 1.807) is 29.0 Å². The largest absolute Gasteiger partial charge is 0.382 e. The van der Waals surface area contributed by atoms with E-state index in [-0.39, 0.29) is 11.4 Å². The second-order valence-corrected chi connectivity index (χ2v) is 8.75. The number of aromatic nitrogens is 5. The van der Waals surface area contributed by atoms with Crippen LogP contribution in [0.15, 0.2) is 78.0 Å². The monoisotopic (exact) mass is 507 g/mol. The van der Waals surface area contributed by atoms with Gasteiger partial charge in [-0.15, -0.1) is 0 Å². The second kappa shape index (κ2) is 10.1. The maximum Gasteiger partial charge on any atom is 0.267 e. The lowest BCUT2D eigenvalue weighted by Crippen LogP contribution is -2.27. The number of nitrogens with two attached hydrogens (primary N) is 1. The fourth-order valence-electron chi connectivity index (χ4n) is 3.96. The molecule has 5 aromatic rings. The molecule has 0 aliphatic carbocycles. The molecule has 0 bridgehead atoms. The molecule has 1 atom stereocenters. The van der Waals surface area contributed by atoms with Crippen molar-refractivity contribution < 1.29 is 0 Å². The highest BCUT2D eigenvalue weighted by atomic mass is 35.5. The molecule has 2 aromatic carbocycles. The summed E-state index contributed by atoms with van der Waals surface area (Å²) >= 11 is 6.40. The number of rotatable bonds is 4. The van der Waals surface area contributed by atoms with Gasteiger partial charge >= 0.3 is 0 Å². The Labute approximate surface area is 218 Å². The Bertz CT molecular complexity index is 1740. The molecule has 9 heteroatoms. The number of aryl methyl sites for hydroxylation is 1. The van der Waals surface area contributed by atoms with Crippen molar-refractivity contribution in [2.45, 2.75) is 19.9 Å². The van der Waals surface area contributed by atoms with Crippen molar-refractivity contribution in [3.05, 3.63) is 111 Å². The van der Waals surface area contributed by atoms with E-state index >= 15 is 0 Å². The number of anilines is 2. The van der Waals surface area contributed by atoms with Crippen LogP contribution in [0.25, 0.3) is 16.6 Å². The summed E-state index contributed by atoms with van der Waals surface area (Å²) in [5, 5.41) is 4.03. The third kappa shape index (κ3) is 4.73. The van der Waals surface area contributed by atoms with Crippen LogP contribution in [0.2, 0.25) is 5.02 Å². The number of nitrogens with zero attached hydrogens (tertiary/aromatic N) is 5. The normalized spacial score (nSPS) is 11.5. The van der Waals surface area contributed by atoms with Crippen LogP contribution in [0.4, 0.5) is 11.6 Å². The smallest absolute Gasteiger partial charge is 0.267 e. The summed E-state index contributed by atoms with van der Waals surface area (Å²) in [5.74, 6) is 7.23. The van der Waals surface area contributed by atoms with E-state index in [0.717, 1.165) is 5.56 Å². The number of halogens is 1. The number of benzene rings is 2. The Hall–Kier alpha value is -4.74. The Morgan fingerprint density at radius 3 is 2.59 bits per heavy atom. The van der Waals surface area contributed by atoms with Crippen LogP contribution in [0.3, 0.4) is 0 Å². The van der Waals surface area contributed by atoms with Gasteiger partial charge in [-0.3, -0.25) is 9.36 Å². The molecule has 3 heterocycles. The van der Waals surface area contributed by atoms with Crippen molar-refractivity contribution in [3.63, 3.8) is 0 Å². The quantitative estimate of drug-likeness (QED) is 0.339. The number of nitrogens with one attached hydrogen (secondary N) is 1. The summed E-state index contributed by atoms with van der Waals surface area (Å²) in [5.41, 5.74) is 9.08. The van der Waals surface area contributed by atoms with E-state index in [4.69, 9.17) is 22.3 Å². The molecule has 0 aliphatic rings. The predicted molar refractivity (Wildman–Crippen MR) is 146 cm³/mol. The highest BCUT2D eigenvalue weighted by molar-refractivity contribution is 6.35. The molecule has 0 saturated heterocycles. The van der Waals surface area contributed by atoms with E-state index in [1.165, 1.54) is 6.33 Å². The third-order valence-electron chi connectivity index (χ3n) is 5.82. The molecule has 3 aromatic heterocycles. The molecule has 0 aliphatic heterocycles. The van der Waals surface area contributed by atoms with E-state index in [2.05, 4.69) is 32.1 Å². The standard InChI is InChI=1S/C28H22ClN7O/c1-17-8-7-15-31-22(17)14-13-20-25(30)32-16-33-26(20)34-18(2)27-35-23-12-6-11-21(29)24(23)28(37)36(27)19-9-4-3-5-10-19/h3-12,15-16,18H,1-2H3,(H3,30,32,33,34). The second-order valence-electron chi connectivity index (χ2n) is 8.35. The van der Waals surface area contributed by atoms with Crippen LogP contribution in [-0.2, 0) is 0 Å². The first-order valence-electron chi connectivity index (χ1n) is 11.5. The lowest BCUT2D eigenvalue weighted by molar-refractivity contribution is 0.730.